The SMILES string of the molecule is CN=C(NCCSC)NC1CCCCC1. The van der Waals surface area contributed by atoms with Crippen molar-refractivity contribution in [1.82, 2.24) is 10.6 Å². The summed E-state index contributed by atoms with van der Waals surface area (Å²) in [6.07, 6.45) is 8.83. The van der Waals surface area contributed by atoms with Gasteiger partial charge in [-0.15, -0.1) is 0 Å². The van der Waals surface area contributed by atoms with Gasteiger partial charge in [0.05, 0.1) is 0 Å². The molecule has 1 aliphatic rings. The van der Waals surface area contributed by atoms with Gasteiger partial charge >= 0.3 is 0 Å². The smallest absolute Gasteiger partial charge is 0.191 e. The molecule has 1 aliphatic carbocycles. The molecule has 1 fully saturated rings. The van der Waals surface area contributed by atoms with Crippen LogP contribution in [-0.4, -0.2) is 37.6 Å². The zero-order valence-electron chi connectivity index (χ0n) is 9.88. The van der Waals surface area contributed by atoms with Crippen LogP contribution in [0.2, 0.25) is 0 Å². The molecular formula is C11H23N3S. The van der Waals surface area contributed by atoms with Crippen molar-refractivity contribution in [2.45, 2.75) is 38.1 Å². The summed E-state index contributed by atoms with van der Waals surface area (Å²) in [5.41, 5.74) is 0. The van der Waals surface area contributed by atoms with Crippen LogP contribution < -0.4 is 10.6 Å². The fourth-order valence-corrected chi connectivity index (χ4v) is 2.21. The molecule has 0 aromatic heterocycles. The summed E-state index contributed by atoms with van der Waals surface area (Å²) in [5, 5.41) is 6.83. The molecular weight excluding hydrogens is 206 g/mol. The Morgan fingerprint density at radius 1 is 1.33 bits per heavy atom. The Morgan fingerprint density at radius 2 is 2.07 bits per heavy atom. The van der Waals surface area contributed by atoms with Crippen molar-refractivity contribution in [3.05, 3.63) is 0 Å². The molecule has 2 N–H and O–H groups in total. The topological polar surface area (TPSA) is 36.4 Å². The Morgan fingerprint density at radius 3 is 2.67 bits per heavy atom. The van der Waals surface area contributed by atoms with E-state index in [1.54, 1.807) is 0 Å². The molecule has 0 atom stereocenters. The lowest BCUT2D eigenvalue weighted by atomic mass is 9.96. The van der Waals surface area contributed by atoms with Gasteiger partial charge in [0.2, 0.25) is 0 Å². The Kier molecular flexibility index (Phi) is 6.64. The maximum Gasteiger partial charge on any atom is 0.191 e. The van der Waals surface area contributed by atoms with Crippen LogP contribution in [0.1, 0.15) is 32.1 Å². The van der Waals surface area contributed by atoms with Crippen LogP contribution in [0.15, 0.2) is 4.99 Å². The average Bonchev–Trinajstić information content (AvgIpc) is 2.29. The van der Waals surface area contributed by atoms with E-state index in [4.69, 9.17) is 0 Å². The molecule has 0 heterocycles. The lowest BCUT2D eigenvalue weighted by Crippen LogP contribution is -2.44. The van der Waals surface area contributed by atoms with Crippen LogP contribution in [0, 0.1) is 0 Å². The lowest BCUT2D eigenvalue weighted by molar-refractivity contribution is 0.410. The number of hydrogen-bond acceptors (Lipinski definition) is 2. The molecule has 15 heavy (non-hydrogen) atoms. The summed E-state index contributed by atoms with van der Waals surface area (Å²) in [4.78, 5) is 4.24. The van der Waals surface area contributed by atoms with Gasteiger partial charge in [-0.1, -0.05) is 19.3 Å². The molecule has 0 saturated heterocycles. The summed E-state index contributed by atoms with van der Waals surface area (Å²) < 4.78 is 0. The summed E-state index contributed by atoms with van der Waals surface area (Å²) >= 11 is 1.85. The Balaban J connectivity index is 2.20. The highest BCUT2D eigenvalue weighted by Crippen LogP contribution is 2.17. The van der Waals surface area contributed by atoms with Crippen molar-refractivity contribution in [1.29, 1.82) is 0 Å². The first-order valence-electron chi connectivity index (χ1n) is 5.83. The molecule has 1 rings (SSSR count). The first kappa shape index (κ1) is 12.7. The van der Waals surface area contributed by atoms with E-state index in [1.807, 2.05) is 18.8 Å². The molecule has 3 nitrogen and oxygen atoms in total. The highest BCUT2D eigenvalue weighted by Gasteiger charge is 2.13. The average molecular weight is 229 g/mol. The molecule has 4 heteroatoms. The summed E-state index contributed by atoms with van der Waals surface area (Å²) in [7, 11) is 1.84. The fraction of sp³-hybridized carbons (Fsp3) is 0.909. The number of rotatable bonds is 4. The Hall–Kier alpha value is -0.380. The quantitative estimate of drug-likeness (QED) is 0.439. The van der Waals surface area contributed by atoms with Crippen LogP contribution in [0.3, 0.4) is 0 Å². The van der Waals surface area contributed by atoms with Crippen molar-refractivity contribution >= 4 is 17.7 Å². The maximum atomic E-state index is 4.24. The van der Waals surface area contributed by atoms with Gasteiger partial charge in [0.25, 0.3) is 0 Å². The van der Waals surface area contributed by atoms with Gasteiger partial charge in [-0.05, 0) is 19.1 Å². The first-order valence-corrected chi connectivity index (χ1v) is 7.22. The van der Waals surface area contributed by atoms with E-state index in [9.17, 15) is 0 Å². The second-order valence-electron chi connectivity index (χ2n) is 3.97. The van der Waals surface area contributed by atoms with Gasteiger partial charge in [-0.3, -0.25) is 4.99 Å². The molecule has 0 aliphatic heterocycles. The Labute approximate surface area is 97.5 Å². The summed E-state index contributed by atoms with van der Waals surface area (Å²) in [6.45, 7) is 0.994. The van der Waals surface area contributed by atoms with E-state index in [-0.39, 0.29) is 0 Å². The maximum absolute atomic E-state index is 4.24. The van der Waals surface area contributed by atoms with Gasteiger partial charge in [0, 0.05) is 25.4 Å². The van der Waals surface area contributed by atoms with Gasteiger partial charge in [0.15, 0.2) is 5.96 Å². The zero-order valence-corrected chi connectivity index (χ0v) is 10.7. The normalized spacial score (nSPS) is 18.9. The predicted molar refractivity (Wildman–Crippen MR) is 69.8 cm³/mol. The van der Waals surface area contributed by atoms with Crippen LogP contribution in [-0.2, 0) is 0 Å². The highest BCUT2D eigenvalue weighted by atomic mass is 32.2. The lowest BCUT2D eigenvalue weighted by Gasteiger charge is -2.24. The van der Waals surface area contributed by atoms with Crippen molar-refractivity contribution < 1.29 is 0 Å². The van der Waals surface area contributed by atoms with Crippen LogP contribution >= 0.6 is 11.8 Å². The second kappa shape index (κ2) is 7.85. The number of guanidine groups is 1. The van der Waals surface area contributed by atoms with E-state index in [0.717, 1.165) is 18.3 Å². The van der Waals surface area contributed by atoms with Crippen LogP contribution in [0.5, 0.6) is 0 Å². The van der Waals surface area contributed by atoms with E-state index in [1.165, 1.54) is 32.1 Å². The second-order valence-corrected chi connectivity index (χ2v) is 4.96. The molecule has 0 spiro atoms. The van der Waals surface area contributed by atoms with Crippen molar-refractivity contribution in [3.8, 4) is 0 Å². The van der Waals surface area contributed by atoms with Gasteiger partial charge < -0.3 is 10.6 Å². The standard InChI is InChI=1S/C11H23N3S/c1-12-11(13-8-9-15-2)14-10-6-4-3-5-7-10/h10H,3-9H2,1-2H3,(H2,12,13,14). The molecule has 0 unspecified atom stereocenters. The first-order chi connectivity index (χ1) is 7.36. The molecule has 0 amide bonds. The summed E-state index contributed by atoms with van der Waals surface area (Å²) in [6, 6.07) is 0.638. The molecule has 0 aromatic carbocycles. The fourth-order valence-electron chi connectivity index (χ4n) is 1.91. The Bertz CT molecular complexity index is 188. The third kappa shape index (κ3) is 5.30. The number of hydrogen-bond donors (Lipinski definition) is 2. The van der Waals surface area contributed by atoms with E-state index in [0.29, 0.717) is 6.04 Å². The number of thioether (sulfide) groups is 1. The number of nitrogens with one attached hydrogen (secondary N) is 2. The molecule has 0 aromatic rings. The van der Waals surface area contributed by atoms with Crippen molar-refractivity contribution in [2.24, 2.45) is 4.99 Å². The predicted octanol–water partition coefficient (Wildman–Crippen LogP) is 1.85. The third-order valence-corrected chi connectivity index (χ3v) is 3.38. The van der Waals surface area contributed by atoms with E-state index in [2.05, 4.69) is 21.9 Å². The minimum absolute atomic E-state index is 0.638. The zero-order chi connectivity index (χ0) is 10.9. The summed E-state index contributed by atoms with van der Waals surface area (Å²) in [5.74, 6) is 2.10. The van der Waals surface area contributed by atoms with Crippen LogP contribution in [0.4, 0.5) is 0 Å². The monoisotopic (exact) mass is 229 g/mol. The van der Waals surface area contributed by atoms with Gasteiger partial charge in [0.1, 0.15) is 0 Å². The van der Waals surface area contributed by atoms with Gasteiger partial charge in [-0.25, -0.2) is 0 Å². The van der Waals surface area contributed by atoms with Crippen LogP contribution in [0.25, 0.3) is 0 Å². The molecule has 1 saturated carbocycles. The highest BCUT2D eigenvalue weighted by molar-refractivity contribution is 7.98. The third-order valence-electron chi connectivity index (χ3n) is 2.77. The molecule has 88 valence electrons. The minimum Gasteiger partial charge on any atom is -0.356 e. The van der Waals surface area contributed by atoms with Crippen molar-refractivity contribution in [3.63, 3.8) is 0 Å². The van der Waals surface area contributed by atoms with Gasteiger partial charge in [-0.2, -0.15) is 11.8 Å². The molecule has 0 radical (unpaired) electrons. The van der Waals surface area contributed by atoms with E-state index < -0.39 is 0 Å². The van der Waals surface area contributed by atoms with E-state index >= 15 is 0 Å². The van der Waals surface area contributed by atoms with Crippen molar-refractivity contribution in [2.75, 3.05) is 25.6 Å². The molecule has 0 bridgehead atoms. The number of aliphatic imine (C=N–C) groups is 1. The minimum atomic E-state index is 0.638. The number of nitrogens with zero attached hydrogens (tertiary/aromatic N) is 1. The largest absolute Gasteiger partial charge is 0.356 e.